The Kier molecular flexibility index (Phi) is 6.89. The van der Waals surface area contributed by atoms with Gasteiger partial charge in [-0.05, 0) is 48.9 Å². The second-order valence-electron chi connectivity index (χ2n) is 6.98. The van der Waals surface area contributed by atoms with Crippen LogP contribution in [0.25, 0.3) is 11.3 Å². The van der Waals surface area contributed by atoms with Crippen LogP contribution in [0.4, 0.5) is 5.69 Å². The van der Waals surface area contributed by atoms with E-state index in [0.29, 0.717) is 36.1 Å². The monoisotopic (exact) mass is 464 g/mol. The van der Waals surface area contributed by atoms with Crippen LogP contribution in [0.5, 0.6) is 17.2 Å². The number of nitrogens with zero attached hydrogens (tertiary/aromatic N) is 3. The molecule has 0 saturated heterocycles. The van der Waals surface area contributed by atoms with E-state index in [1.54, 1.807) is 24.1 Å². The minimum Gasteiger partial charge on any atom is -0.493 e. The molecule has 0 spiro atoms. The third kappa shape index (κ3) is 4.98. The molecule has 0 bridgehead atoms. The largest absolute Gasteiger partial charge is 0.493 e. The van der Waals surface area contributed by atoms with Gasteiger partial charge in [0.05, 0.1) is 37.9 Å². The molecule has 1 amide bonds. The van der Waals surface area contributed by atoms with Crippen LogP contribution in [-0.2, 0) is 4.79 Å². The van der Waals surface area contributed by atoms with Crippen LogP contribution in [0.15, 0.2) is 64.5 Å². The molecule has 1 aliphatic rings. The molecule has 33 heavy (non-hydrogen) atoms. The number of nitrogens with one attached hydrogen (secondary N) is 1. The molecule has 0 saturated carbocycles. The lowest BCUT2D eigenvalue weighted by Gasteiger charge is -2.18. The van der Waals surface area contributed by atoms with Crippen LogP contribution >= 0.6 is 11.3 Å². The first kappa shape index (κ1) is 22.3. The van der Waals surface area contributed by atoms with E-state index in [-0.39, 0.29) is 12.5 Å². The fourth-order valence-corrected chi connectivity index (χ4v) is 4.11. The van der Waals surface area contributed by atoms with E-state index in [2.05, 4.69) is 16.9 Å². The number of ether oxygens (including phenoxy) is 3. The van der Waals surface area contributed by atoms with Gasteiger partial charge in [0, 0.05) is 10.9 Å². The molecule has 0 radical (unpaired) electrons. The molecule has 1 N–H and O–H groups in total. The van der Waals surface area contributed by atoms with Gasteiger partial charge in [-0.25, -0.2) is 4.68 Å². The molecule has 1 aliphatic heterocycles. The third-order valence-corrected chi connectivity index (χ3v) is 5.61. The number of hydrogen-bond donors (Lipinski definition) is 1. The van der Waals surface area contributed by atoms with Crippen LogP contribution in [-0.4, -0.2) is 43.7 Å². The standard InChI is InChI=1S/C24H24N4O4S/c1-4-10-25-24-28(26-13-16-6-8-21(31-5-2)22(11-16)30-3)19(15-33-24)17-7-9-20-18(12-17)27-23(29)14-32-20/h4,6-9,11-13,15H,1,5,10,14H2,2-3H3,(H,27,29). The second-order valence-corrected chi connectivity index (χ2v) is 7.82. The molecule has 8 nitrogen and oxygen atoms in total. The van der Waals surface area contributed by atoms with Crippen molar-refractivity contribution in [1.82, 2.24) is 4.68 Å². The zero-order chi connectivity index (χ0) is 23.2. The fourth-order valence-electron chi connectivity index (χ4n) is 3.27. The molecule has 2 heterocycles. The number of thiazole rings is 1. The smallest absolute Gasteiger partial charge is 0.262 e. The van der Waals surface area contributed by atoms with Crippen molar-refractivity contribution in [3.05, 3.63) is 64.8 Å². The molecule has 170 valence electrons. The number of hydrogen-bond acceptors (Lipinski definition) is 7. The normalized spacial score (nSPS) is 13.4. The lowest BCUT2D eigenvalue weighted by atomic mass is 10.1. The summed E-state index contributed by atoms with van der Waals surface area (Å²) in [6.45, 7) is 6.72. The van der Waals surface area contributed by atoms with Crippen molar-refractivity contribution in [1.29, 1.82) is 0 Å². The topological polar surface area (TPSA) is 86.4 Å². The summed E-state index contributed by atoms with van der Waals surface area (Å²) in [4.78, 5) is 17.0. The van der Waals surface area contributed by atoms with E-state index in [0.717, 1.165) is 21.6 Å². The van der Waals surface area contributed by atoms with Gasteiger partial charge in [0.25, 0.3) is 5.91 Å². The van der Waals surface area contributed by atoms with Gasteiger partial charge in [-0.3, -0.25) is 9.79 Å². The highest BCUT2D eigenvalue weighted by atomic mass is 32.1. The van der Waals surface area contributed by atoms with Gasteiger partial charge in [0.15, 0.2) is 18.1 Å². The number of methoxy groups -OCH3 is 1. The average molecular weight is 465 g/mol. The van der Waals surface area contributed by atoms with Crippen molar-refractivity contribution in [2.75, 3.05) is 32.2 Å². The fraction of sp³-hybridized carbons (Fsp3) is 0.208. The Balaban J connectivity index is 1.74. The molecule has 0 unspecified atom stereocenters. The van der Waals surface area contributed by atoms with Gasteiger partial charge >= 0.3 is 0 Å². The van der Waals surface area contributed by atoms with Gasteiger partial charge in [0.1, 0.15) is 5.75 Å². The van der Waals surface area contributed by atoms with Crippen LogP contribution in [0, 0.1) is 0 Å². The highest BCUT2D eigenvalue weighted by Crippen LogP contribution is 2.33. The van der Waals surface area contributed by atoms with Crippen molar-refractivity contribution >= 4 is 29.1 Å². The molecule has 4 rings (SSSR count). The molecule has 0 aliphatic carbocycles. The number of carbonyl (C=O) groups is 1. The molecule has 1 aromatic heterocycles. The lowest BCUT2D eigenvalue weighted by Crippen LogP contribution is -2.25. The molecule has 2 aromatic carbocycles. The maximum Gasteiger partial charge on any atom is 0.262 e. The molecule has 3 aromatic rings. The van der Waals surface area contributed by atoms with Crippen molar-refractivity contribution in [2.24, 2.45) is 10.1 Å². The van der Waals surface area contributed by atoms with E-state index < -0.39 is 0 Å². The third-order valence-electron chi connectivity index (χ3n) is 4.76. The summed E-state index contributed by atoms with van der Waals surface area (Å²) in [6, 6.07) is 11.3. The number of fused-ring (bicyclic) bond motifs is 1. The average Bonchev–Trinajstić information content (AvgIpc) is 3.24. The van der Waals surface area contributed by atoms with Crippen LogP contribution in [0.3, 0.4) is 0 Å². The Hall–Kier alpha value is -3.85. The van der Waals surface area contributed by atoms with E-state index in [1.807, 2.05) is 48.7 Å². The van der Waals surface area contributed by atoms with E-state index >= 15 is 0 Å². The maximum atomic E-state index is 11.7. The Labute approximate surface area is 195 Å². The SMILES string of the molecule is C=CCN=c1scc(-c2ccc3c(c2)NC(=O)CO3)n1N=Cc1ccc(OCC)c(OC)c1. The summed E-state index contributed by atoms with van der Waals surface area (Å²) in [5.41, 5.74) is 3.18. The number of aromatic nitrogens is 1. The predicted octanol–water partition coefficient (Wildman–Crippen LogP) is 3.92. The Morgan fingerprint density at radius 2 is 2.15 bits per heavy atom. The van der Waals surface area contributed by atoms with Crippen molar-refractivity contribution in [3.8, 4) is 28.5 Å². The Morgan fingerprint density at radius 3 is 2.94 bits per heavy atom. The summed E-state index contributed by atoms with van der Waals surface area (Å²) in [7, 11) is 1.61. The summed E-state index contributed by atoms with van der Waals surface area (Å²) < 4.78 is 18.3. The number of rotatable bonds is 8. The van der Waals surface area contributed by atoms with Crippen LogP contribution in [0.1, 0.15) is 12.5 Å². The van der Waals surface area contributed by atoms with Crippen molar-refractivity contribution in [2.45, 2.75) is 6.92 Å². The van der Waals surface area contributed by atoms with Gasteiger partial charge in [-0.2, -0.15) is 5.10 Å². The summed E-state index contributed by atoms with van der Waals surface area (Å²) in [5.74, 6) is 1.78. The van der Waals surface area contributed by atoms with Gasteiger partial charge < -0.3 is 19.5 Å². The number of amides is 1. The highest BCUT2D eigenvalue weighted by molar-refractivity contribution is 7.07. The molecular formula is C24H24N4O4S. The van der Waals surface area contributed by atoms with E-state index in [4.69, 9.17) is 19.3 Å². The number of benzene rings is 2. The summed E-state index contributed by atoms with van der Waals surface area (Å²) in [6.07, 6.45) is 3.47. The van der Waals surface area contributed by atoms with E-state index in [9.17, 15) is 4.79 Å². The van der Waals surface area contributed by atoms with Crippen LogP contribution < -0.4 is 24.3 Å². The van der Waals surface area contributed by atoms with E-state index in [1.165, 1.54) is 11.3 Å². The van der Waals surface area contributed by atoms with Gasteiger partial charge in [-0.15, -0.1) is 17.9 Å². The molecular weight excluding hydrogens is 440 g/mol. The van der Waals surface area contributed by atoms with Crippen molar-refractivity contribution in [3.63, 3.8) is 0 Å². The highest BCUT2D eigenvalue weighted by Gasteiger charge is 2.17. The summed E-state index contributed by atoms with van der Waals surface area (Å²) in [5, 5.41) is 9.53. The quantitative estimate of drug-likeness (QED) is 0.404. The Bertz CT molecular complexity index is 1280. The first-order valence-corrected chi connectivity index (χ1v) is 11.2. The van der Waals surface area contributed by atoms with Crippen LogP contribution in [0.2, 0.25) is 0 Å². The van der Waals surface area contributed by atoms with Gasteiger partial charge in [0.2, 0.25) is 4.80 Å². The second kappa shape index (κ2) is 10.2. The first-order valence-electron chi connectivity index (χ1n) is 10.4. The minimum absolute atomic E-state index is 0.0191. The molecule has 0 atom stereocenters. The van der Waals surface area contributed by atoms with Gasteiger partial charge in [-0.1, -0.05) is 6.08 Å². The zero-order valence-electron chi connectivity index (χ0n) is 18.4. The van der Waals surface area contributed by atoms with Crippen molar-refractivity contribution < 1.29 is 19.0 Å². The predicted molar refractivity (Wildman–Crippen MR) is 130 cm³/mol. The summed E-state index contributed by atoms with van der Waals surface area (Å²) >= 11 is 1.47. The number of carbonyl (C=O) groups excluding carboxylic acids is 1. The Morgan fingerprint density at radius 1 is 1.27 bits per heavy atom. The molecule has 9 heteroatoms. The zero-order valence-corrected chi connectivity index (χ0v) is 19.2. The lowest BCUT2D eigenvalue weighted by molar-refractivity contribution is -0.118. The first-order chi connectivity index (χ1) is 16.1. The minimum atomic E-state index is -0.179. The number of anilines is 1. The maximum absolute atomic E-state index is 11.7. The molecule has 0 fully saturated rings.